The number of rotatable bonds is 8. The molecule has 0 bridgehead atoms. The Labute approximate surface area is 206 Å². The molecule has 2 rings (SSSR count). The molecule has 0 unspecified atom stereocenters. The first-order chi connectivity index (χ1) is 16.1. The summed E-state index contributed by atoms with van der Waals surface area (Å²) in [4.78, 5) is 44.3. The van der Waals surface area contributed by atoms with Crippen LogP contribution >= 0.6 is 10.0 Å². The predicted molar refractivity (Wildman–Crippen MR) is 131 cm³/mol. The molecule has 8 nitrogen and oxygen atoms in total. The molecule has 0 atom stereocenters. The molecule has 0 aliphatic carbocycles. The van der Waals surface area contributed by atoms with E-state index in [1.807, 2.05) is 0 Å². The van der Waals surface area contributed by atoms with Crippen molar-refractivity contribution in [2.75, 3.05) is 13.2 Å². The van der Waals surface area contributed by atoms with Crippen molar-refractivity contribution in [3.05, 3.63) is 96.1 Å². The second-order valence-electron chi connectivity index (χ2n) is 6.49. The number of aromatic carboxylic acids is 2. The van der Waals surface area contributed by atoms with Gasteiger partial charge in [0.1, 0.15) is 13.2 Å². The Morgan fingerprint density at radius 3 is 1.26 bits per heavy atom. The van der Waals surface area contributed by atoms with Gasteiger partial charge in [-0.2, -0.15) is 0 Å². The quantitative estimate of drug-likeness (QED) is 0.294. The zero-order chi connectivity index (χ0) is 26.1. The summed E-state index contributed by atoms with van der Waals surface area (Å²) in [5, 5.41) is 17.1. The first-order valence-corrected chi connectivity index (χ1v) is 14.0. The van der Waals surface area contributed by atoms with E-state index in [0.29, 0.717) is 0 Å². The summed E-state index contributed by atoms with van der Waals surface area (Å²) in [5.74, 6) is 0.520. The van der Waals surface area contributed by atoms with Gasteiger partial charge in [-0.3, -0.25) is 10.0 Å². The summed E-state index contributed by atoms with van der Waals surface area (Å²) in [5.41, 5.74) is -0.0307. The zero-order valence-electron chi connectivity index (χ0n) is 18.9. The van der Waals surface area contributed by atoms with E-state index in [4.69, 9.17) is 29.7 Å². The van der Waals surface area contributed by atoms with Crippen molar-refractivity contribution >= 4 is 47.2 Å². The minimum absolute atomic E-state index is 0.0921. The number of esters is 2. The number of carbonyl (C=O) groups is 4. The van der Waals surface area contributed by atoms with Crippen molar-refractivity contribution in [3.63, 3.8) is 0 Å². The average molecular weight is 505 g/mol. The topological polar surface area (TPSA) is 127 Å². The highest BCUT2D eigenvalue weighted by molar-refractivity contribution is 7.05. The molecular formula is C24H26AlClO8. The van der Waals surface area contributed by atoms with Crippen molar-refractivity contribution in [1.29, 1.82) is 0 Å². The largest absolute Gasteiger partial charge is 0.478 e. The van der Waals surface area contributed by atoms with Gasteiger partial charge in [0.05, 0.1) is 22.3 Å². The molecule has 2 aromatic rings. The molecule has 180 valence electrons. The predicted octanol–water partition coefficient (Wildman–Crippen LogP) is 4.93. The fraction of sp³-hybridized carbons (Fsp3) is 0.167. The maximum absolute atomic E-state index is 11.7. The lowest BCUT2D eigenvalue weighted by Gasteiger charge is -2.07. The molecule has 0 spiro atoms. The average Bonchev–Trinajstić information content (AvgIpc) is 2.81. The summed E-state index contributed by atoms with van der Waals surface area (Å²) < 4.78 is 9.78. The molecule has 10 heteroatoms. The van der Waals surface area contributed by atoms with Gasteiger partial charge in [-0.25, -0.2) is 19.2 Å². The summed E-state index contributed by atoms with van der Waals surface area (Å²) in [6.07, 6.45) is 2.91. The Morgan fingerprint density at radius 2 is 1.03 bits per heavy atom. The third kappa shape index (κ3) is 12.0. The van der Waals surface area contributed by atoms with Crippen LogP contribution in [0.3, 0.4) is 0 Å². The molecule has 0 aliphatic heterocycles. The molecule has 0 aliphatic rings. The molecule has 0 fully saturated rings. The van der Waals surface area contributed by atoms with Crippen molar-refractivity contribution in [2.45, 2.75) is 11.6 Å². The lowest BCUT2D eigenvalue weighted by Crippen LogP contribution is -2.14. The smallest absolute Gasteiger partial charge is 0.393 e. The van der Waals surface area contributed by atoms with Gasteiger partial charge in [-0.05, 0) is 24.3 Å². The van der Waals surface area contributed by atoms with Crippen molar-refractivity contribution < 1.29 is 38.9 Å². The SMILES string of the molecule is C=CCOC(=O)c1ccccc1C(=O)OCC=C.O=C(O)c1ccccc1C(=O)O.[CH3][Al]([CH3])[Cl]. The Bertz CT molecular complexity index is 925. The maximum atomic E-state index is 11.7. The van der Waals surface area contributed by atoms with Gasteiger partial charge in [0.15, 0.2) is 0 Å². The van der Waals surface area contributed by atoms with E-state index in [1.165, 1.54) is 48.6 Å². The van der Waals surface area contributed by atoms with Gasteiger partial charge in [-0.15, -0.1) is 0 Å². The number of carboxylic acid groups (broad SMARTS) is 2. The van der Waals surface area contributed by atoms with Crippen LogP contribution in [-0.4, -0.2) is 60.5 Å². The number of carbonyl (C=O) groups excluding carboxylic acids is 2. The van der Waals surface area contributed by atoms with Crippen molar-refractivity contribution in [3.8, 4) is 0 Å². The molecule has 0 amide bonds. The van der Waals surface area contributed by atoms with Crippen LogP contribution in [0.15, 0.2) is 73.8 Å². The molecule has 34 heavy (non-hydrogen) atoms. The summed E-state index contributed by atoms with van der Waals surface area (Å²) in [7, 11) is 5.41. The van der Waals surface area contributed by atoms with Crippen LogP contribution in [0.1, 0.15) is 41.4 Å². The van der Waals surface area contributed by atoms with Crippen molar-refractivity contribution in [2.24, 2.45) is 0 Å². The van der Waals surface area contributed by atoms with Gasteiger partial charge >= 0.3 is 37.1 Å². The second kappa shape index (κ2) is 17.1. The van der Waals surface area contributed by atoms with Gasteiger partial charge < -0.3 is 19.7 Å². The highest BCUT2D eigenvalue weighted by Crippen LogP contribution is 2.12. The second-order valence-corrected chi connectivity index (χ2v) is 11.1. The van der Waals surface area contributed by atoms with E-state index in [9.17, 15) is 19.2 Å². The summed E-state index contributed by atoms with van der Waals surface area (Å²) >= 11 is -0.667. The normalized spacial score (nSPS) is 9.03. The standard InChI is InChI=1S/C14H14O4.C8H6O4.2CH3.Al.ClH/c1-3-9-17-13(15)11-7-5-6-8-12(11)14(16)18-10-4-2;9-7(10)5-3-1-2-4-6(5)8(11)12;;;;/h3-8H,1-2,9-10H2;1-4H,(H,9,10)(H,11,12);2*1H3;;1H/q;;;;+1;/p-1. The lowest BCUT2D eigenvalue weighted by atomic mass is 10.1. The number of hydrogen-bond acceptors (Lipinski definition) is 6. The number of halogens is 1. The first-order valence-electron chi connectivity index (χ1n) is 9.91. The monoisotopic (exact) mass is 504 g/mol. The Balaban J connectivity index is 0.000000584. The van der Waals surface area contributed by atoms with Crippen LogP contribution in [0.2, 0.25) is 11.6 Å². The number of hydrogen-bond donors (Lipinski definition) is 2. The molecule has 0 aromatic heterocycles. The molecule has 0 heterocycles. The Kier molecular flexibility index (Phi) is 15.4. The first kappa shape index (κ1) is 30.6. The molecule has 0 saturated heterocycles. The van der Waals surface area contributed by atoms with E-state index in [2.05, 4.69) is 24.7 Å². The molecule has 2 aromatic carbocycles. The lowest BCUT2D eigenvalue weighted by molar-refractivity contribution is 0.0503. The number of benzene rings is 2. The van der Waals surface area contributed by atoms with Crippen LogP contribution in [0, 0.1) is 0 Å². The van der Waals surface area contributed by atoms with E-state index in [1.54, 1.807) is 12.1 Å². The van der Waals surface area contributed by atoms with E-state index < -0.39 is 37.1 Å². The highest BCUT2D eigenvalue weighted by Gasteiger charge is 2.18. The van der Waals surface area contributed by atoms with Gasteiger partial charge in [-0.1, -0.05) is 61.1 Å². The number of ether oxygens (including phenoxy) is 2. The summed E-state index contributed by atoms with van der Waals surface area (Å²) in [6, 6.07) is 11.8. The highest BCUT2D eigenvalue weighted by atomic mass is 35.6. The zero-order valence-corrected chi connectivity index (χ0v) is 20.8. The third-order valence-corrected chi connectivity index (χ3v) is 3.42. The Morgan fingerprint density at radius 1 is 0.765 bits per heavy atom. The van der Waals surface area contributed by atoms with Gasteiger partial charge in [0.25, 0.3) is 0 Å². The minimum Gasteiger partial charge on any atom is -0.478 e. The summed E-state index contributed by atoms with van der Waals surface area (Å²) in [6.45, 7) is 7.07. The fourth-order valence-corrected chi connectivity index (χ4v) is 2.12. The van der Waals surface area contributed by atoms with E-state index >= 15 is 0 Å². The number of carboxylic acids is 2. The van der Waals surface area contributed by atoms with Crippen LogP contribution in [0.5, 0.6) is 0 Å². The van der Waals surface area contributed by atoms with Crippen LogP contribution in [0.4, 0.5) is 0 Å². The van der Waals surface area contributed by atoms with Crippen LogP contribution < -0.4 is 0 Å². The molecule has 0 saturated carbocycles. The molecular weight excluding hydrogens is 479 g/mol. The van der Waals surface area contributed by atoms with E-state index in [-0.39, 0.29) is 35.5 Å². The maximum Gasteiger partial charge on any atom is 0.393 e. The molecule has 0 radical (unpaired) electrons. The van der Waals surface area contributed by atoms with Gasteiger partial charge in [0, 0.05) is 0 Å². The van der Waals surface area contributed by atoms with Crippen LogP contribution in [0.25, 0.3) is 0 Å². The van der Waals surface area contributed by atoms with E-state index in [0.717, 1.165) is 0 Å². The van der Waals surface area contributed by atoms with Crippen LogP contribution in [-0.2, 0) is 9.47 Å². The fourth-order valence-electron chi connectivity index (χ4n) is 2.12. The molecule has 2 N–H and O–H groups in total. The third-order valence-electron chi connectivity index (χ3n) is 3.42. The van der Waals surface area contributed by atoms with Crippen molar-refractivity contribution in [1.82, 2.24) is 0 Å². The minimum atomic E-state index is -1.23. The van der Waals surface area contributed by atoms with Gasteiger partial charge in [0.2, 0.25) is 0 Å². The Hall–Kier alpha value is -3.38.